The maximum absolute atomic E-state index is 13.6. The molecule has 0 bridgehead atoms. The molecule has 4 nitrogen and oxygen atoms in total. The van der Waals surface area contributed by atoms with Crippen molar-refractivity contribution in [3.05, 3.63) is 65.5 Å². The average Bonchev–Trinajstić information content (AvgIpc) is 2.93. The van der Waals surface area contributed by atoms with Crippen LogP contribution in [0.15, 0.2) is 42.5 Å². The second kappa shape index (κ2) is 5.55. The van der Waals surface area contributed by atoms with E-state index in [2.05, 4.69) is 15.3 Å². The van der Waals surface area contributed by atoms with Crippen LogP contribution in [-0.2, 0) is 0 Å². The van der Waals surface area contributed by atoms with E-state index >= 15 is 0 Å². The van der Waals surface area contributed by atoms with E-state index in [0.717, 1.165) is 29.2 Å². The predicted octanol–water partition coefficient (Wildman–Crippen LogP) is 3.33. The molecule has 1 amide bonds. The number of hydrogen-bond acceptors (Lipinski definition) is 2. The van der Waals surface area contributed by atoms with Crippen molar-refractivity contribution in [2.24, 2.45) is 0 Å². The van der Waals surface area contributed by atoms with Crippen LogP contribution in [0.3, 0.4) is 0 Å². The molecule has 1 aromatic heterocycles. The van der Waals surface area contributed by atoms with E-state index in [1.54, 1.807) is 6.92 Å². The molecule has 0 unspecified atom stereocenters. The van der Waals surface area contributed by atoms with Crippen LogP contribution < -0.4 is 5.32 Å². The molecule has 0 aliphatic heterocycles. The molecule has 112 valence electrons. The van der Waals surface area contributed by atoms with E-state index in [1.807, 2.05) is 24.3 Å². The van der Waals surface area contributed by atoms with Crippen LogP contribution in [0.1, 0.15) is 29.1 Å². The number of imidazole rings is 1. The number of aromatic nitrogens is 2. The molecule has 0 saturated heterocycles. The first kappa shape index (κ1) is 14.2. The topological polar surface area (TPSA) is 57.8 Å². The number of H-pyrrole nitrogens is 1. The molecule has 0 spiro atoms. The highest BCUT2D eigenvalue weighted by molar-refractivity contribution is 5.94. The normalized spacial score (nSPS) is 12.3. The Morgan fingerprint density at radius 3 is 2.77 bits per heavy atom. The van der Waals surface area contributed by atoms with Crippen LogP contribution in [-0.4, -0.2) is 15.9 Å². The monoisotopic (exact) mass is 301 g/mol. The van der Waals surface area contributed by atoms with E-state index in [0.29, 0.717) is 5.82 Å². The van der Waals surface area contributed by atoms with Crippen molar-refractivity contribution in [2.45, 2.75) is 13.0 Å². The van der Waals surface area contributed by atoms with E-state index in [4.69, 9.17) is 0 Å². The quantitative estimate of drug-likeness (QED) is 0.779. The largest absolute Gasteiger partial charge is 0.342 e. The van der Waals surface area contributed by atoms with Crippen LogP contribution in [0.5, 0.6) is 0 Å². The Balaban J connectivity index is 1.82. The molecule has 0 aliphatic carbocycles. The lowest BCUT2D eigenvalue weighted by atomic mass is 10.2. The lowest BCUT2D eigenvalue weighted by molar-refractivity contribution is 0.0934. The van der Waals surface area contributed by atoms with Crippen molar-refractivity contribution in [2.75, 3.05) is 0 Å². The maximum Gasteiger partial charge on any atom is 0.254 e. The minimum Gasteiger partial charge on any atom is -0.342 e. The lowest BCUT2D eigenvalue weighted by Crippen LogP contribution is -2.28. The molecule has 6 heteroatoms. The van der Waals surface area contributed by atoms with E-state index < -0.39 is 23.6 Å². The highest BCUT2D eigenvalue weighted by atomic mass is 19.1. The maximum atomic E-state index is 13.6. The number of fused-ring (bicyclic) bond motifs is 1. The van der Waals surface area contributed by atoms with Gasteiger partial charge in [0, 0.05) is 0 Å². The summed E-state index contributed by atoms with van der Waals surface area (Å²) in [7, 11) is 0. The summed E-state index contributed by atoms with van der Waals surface area (Å²) < 4.78 is 26.7. The Hall–Kier alpha value is -2.76. The Morgan fingerprint density at radius 1 is 1.23 bits per heavy atom. The van der Waals surface area contributed by atoms with Gasteiger partial charge in [0.2, 0.25) is 0 Å². The number of benzene rings is 2. The third kappa shape index (κ3) is 2.67. The van der Waals surface area contributed by atoms with Crippen LogP contribution >= 0.6 is 0 Å². The number of carbonyl (C=O) groups is 1. The molecule has 0 radical (unpaired) electrons. The Kier molecular flexibility index (Phi) is 3.58. The number of aromatic amines is 1. The third-order valence-electron chi connectivity index (χ3n) is 3.34. The Labute approximate surface area is 125 Å². The summed E-state index contributed by atoms with van der Waals surface area (Å²) in [6.45, 7) is 1.72. The first-order chi connectivity index (χ1) is 10.5. The highest BCUT2D eigenvalue weighted by Gasteiger charge is 2.18. The fraction of sp³-hybridized carbons (Fsp3) is 0.125. The van der Waals surface area contributed by atoms with Crippen molar-refractivity contribution in [3.8, 4) is 0 Å². The second-order valence-corrected chi connectivity index (χ2v) is 4.96. The van der Waals surface area contributed by atoms with Crippen LogP contribution in [0.4, 0.5) is 8.78 Å². The average molecular weight is 301 g/mol. The molecule has 0 fully saturated rings. The van der Waals surface area contributed by atoms with Gasteiger partial charge >= 0.3 is 0 Å². The molecule has 1 atom stereocenters. The summed E-state index contributed by atoms with van der Waals surface area (Å²) in [5.74, 6) is -1.57. The van der Waals surface area contributed by atoms with Gasteiger partial charge in [-0.1, -0.05) is 12.1 Å². The standard InChI is InChI=1S/C16H13F2N3O/c1-9(15-20-13-4-2-3-5-14(13)21-15)19-16(22)11-8-10(17)6-7-12(11)18/h2-9H,1H3,(H,19,22)(H,20,21)/t9-/m0/s1. The molecule has 22 heavy (non-hydrogen) atoms. The molecule has 1 heterocycles. The van der Waals surface area contributed by atoms with E-state index in [9.17, 15) is 13.6 Å². The minimum absolute atomic E-state index is 0.331. The number of nitrogens with zero attached hydrogens (tertiary/aromatic N) is 1. The van der Waals surface area contributed by atoms with Crippen molar-refractivity contribution in [3.63, 3.8) is 0 Å². The zero-order chi connectivity index (χ0) is 15.7. The Bertz CT molecular complexity index is 811. The van der Waals surface area contributed by atoms with Gasteiger partial charge in [-0.05, 0) is 37.3 Å². The van der Waals surface area contributed by atoms with Gasteiger partial charge in [-0.2, -0.15) is 0 Å². The van der Waals surface area contributed by atoms with Gasteiger partial charge in [-0.3, -0.25) is 4.79 Å². The van der Waals surface area contributed by atoms with Gasteiger partial charge in [-0.15, -0.1) is 0 Å². The van der Waals surface area contributed by atoms with E-state index in [1.165, 1.54) is 0 Å². The number of halogens is 2. The van der Waals surface area contributed by atoms with Gasteiger partial charge in [-0.25, -0.2) is 13.8 Å². The number of para-hydroxylation sites is 2. The number of rotatable bonds is 3. The zero-order valence-electron chi connectivity index (χ0n) is 11.7. The molecular formula is C16H13F2N3O. The van der Waals surface area contributed by atoms with Gasteiger partial charge in [0.25, 0.3) is 5.91 Å². The van der Waals surface area contributed by atoms with Crippen molar-refractivity contribution < 1.29 is 13.6 Å². The molecule has 3 aromatic rings. The number of hydrogen-bond donors (Lipinski definition) is 2. The van der Waals surface area contributed by atoms with Crippen molar-refractivity contribution in [1.82, 2.24) is 15.3 Å². The molecule has 0 aliphatic rings. The Morgan fingerprint density at radius 2 is 2.00 bits per heavy atom. The number of nitrogens with one attached hydrogen (secondary N) is 2. The zero-order valence-corrected chi connectivity index (χ0v) is 11.7. The summed E-state index contributed by atoms with van der Waals surface area (Å²) in [6, 6.07) is 9.74. The highest BCUT2D eigenvalue weighted by Crippen LogP contribution is 2.17. The van der Waals surface area contributed by atoms with Crippen molar-refractivity contribution in [1.29, 1.82) is 0 Å². The van der Waals surface area contributed by atoms with Crippen LogP contribution in [0.25, 0.3) is 11.0 Å². The first-order valence-electron chi connectivity index (χ1n) is 6.75. The summed E-state index contributed by atoms with van der Waals surface area (Å²) in [5.41, 5.74) is 1.29. The van der Waals surface area contributed by atoms with Crippen LogP contribution in [0, 0.1) is 11.6 Å². The van der Waals surface area contributed by atoms with Gasteiger partial charge < -0.3 is 10.3 Å². The summed E-state index contributed by atoms with van der Waals surface area (Å²) in [5, 5.41) is 2.60. The second-order valence-electron chi connectivity index (χ2n) is 4.96. The number of amides is 1. The summed E-state index contributed by atoms with van der Waals surface area (Å²) in [6.07, 6.45) is 0. The summed E-state index contributed by atoms with van der Waals surface area (Å²) >= 11 is 0. The lowest BCUT2D eigenvalue weighted by Gasteiger charge is -2.12. The fourth-order valence-corrected chi connectivity index (χ4v) is 2.19. The molecule has 2 N–H and O–H groups in total. The smallest absolute Gasteiger partial charge is 0.254 e. The fourth-order valence-electron chi connectivity index (χ4n) is 2.19. The summed E-state index contributed by atoms with van der Waals surface area (Å²) in [4.78, 5) is 19.5. The van der Waals surface area contributed by atoms with Gasteiger partial charge in [0.1, 0.15) is 17.5 Å². The SMILES string of the molecule is C[C@H](NC(=O)c1cc(F)ccc1F)c1nc2ccccc2[nH]1. The van der Waals surface area contributed by atoms with Crippen LogP contribution in [0.2, 0.25) is 0 Å². The van der Waals surface area contributed by atoms with Gasteiger partial charge in [0.05, 0.1) is 22.6 Å². The van der Waals surface area contributed by atoms with Gasteiger partial charge in [0.15, 0.2) is 0 Å². The minimum atomic E-state index is -0.768. The molecule has 2 aromatic carbocycles. The van der Waals surface area contributed by atoms with Crippen molar-refractivity contribution >= 4 is 16.9 Å². The number of carbonyl (C=O) groups excluding carboxylic acids is 1. The third-order valence-corrected chi connectivity index (χ3v) is 3.34. The van der Waals surface area contributed by atoms with E-state index in [-0.39, 0.29) is 5.56 Å². The predicted molar refractivity (Wildman–Crippen MR) is 78.3 cm³/mol. The molecule has 0 saturated carbocycles. The molecular weight excluding hydrogens is 288 g/mol. The molecule has 3 rings (SSSR count). The first-order valence-corrected chi connectivity index (χ1v) is 6.75.